The number of piperidine rings is 1. The molecule has 0 amide bonds. The van der Waals surface area contributed by atoms with Gasteiger partial charge in [0.15, 0.2) is 0 Å². The van der Waals surface area contributed by atoms with Crippen LogP contribution in [0.4, 0.5) is 0 Å². The van der Waals surface area contributed by atoms with Crippen molar-refractivity contribution in [2.24, 2.45) is 0 Å². The lowest BCUT2D eigenvalue weighted by Gasteiger charge is -2.33. The molecule has 2 aromatic carbocycles. The van der Waals surface area contributed by atoms with E-state index >= 15 is 0 Å². The minimum atomic E-state index is -0.515. The van der Waals surface area contributed by atoms with Crippen LogP contribution in [0.3, 0.4) is 0 Å². The van der Waals surface area contributed by atoms with Gasteiger partial charge in [-0.15, -0.1) is 6.58 Å². The van der Waals surface area contributed by atoms with E-state index in [4.69, 9.17) is 4.74 Å². The van der Waals surface area contributed by atoms with Gasteiger partial charge < -0.3 is 15.2 Å². The largest absolute Gasteiger partial charge is 0.491 e. The van der Waals surface area contributed by atoms with Crippen LogP contribution in [-0.2, 0) is 13.0 Å². The molecule has 2 aromatic rings. The van der Waals surface area contributed by atoms with Crippen molar-refractivity contribution in [3.63, 3.8) is 0 Å². The Hall–Kier alpha value is -2.14. The minimum Gasteiger partial charge on any atom is -0.491 e. The molecule has 0 aromatic heterocycles. The van der Waals surface area contributed by atoms with E-state index in [9.17, 15) is 5.11 Å². The maximum Gasteiger partial charge on any atom is 0.122 e. The van der Waals surface area contributed by atoms with Crippen molar-refractivity contribution in [3.8, 4) is 5.75 Å². The van der Waals surface area contributed by atoms with Gasteiger partial charge in [0, 0.05) is 19.1 Å². The summed E-state index contributed by atoms with van der Waals surface area (Å²) in [4.78, 5) is 2.50. The number of nitrogens with one attached hydrogen (secondary N) is 1. The monoisotopic (exact) mass is 380 g/mol. The van der Waals surface area contributed by atoms with Crippen LogP contribution in [-0.4, -0.2) is 48.4 Å². The van der Waals surface area contributed by atoms with E-state index in [1.54, 1.807) is 0 Å². The smallest absolute Gasteiger partial charge is 0.122 e. The van der Waals surface area contributed by atoms with Gasteiger partial charge in [-0.05, 0) is 49.5 Å². The number of rotatable bonds is 10. The van der Waals surface area contributed by atoms with E-state index in [2.05, 4.69) is 47.1 Å². The van der Waals surface area contributed by atoms with Crippen LogP contribution < -0.4 is 10.1 Å². The first kappa shape index (κ1) is 20.6. The molecule has 4 nitrogen and oxygen atoms in total. The predicted octanol–water partition coefficient (Wildman–Crippen LogP) is 3.41. The van der Waals surface area contributed by atoms with Gasteiger partial charge in [-0.25, -0.2) is 0 Å². The highest BCUT2D eigenvalue weighted by Crippen LogP contribution is 2.19. The number of aliphatic hydroxyl groups excluding tert-OH is 1. The molecule has 1 unspecified atom stereocenters. The Bertz CT molecular complexity index is 712. The number of aliphatic hydroxyl groups is 1. The molecule has 28 heavy (non-hydrogen) atoms. The number of hydrogen-bond acceptors (Lipinski definition) is 4. The van der Waals surface area contributed by atoms with Crippen molar-refractivity contribution in [1.82, 2.24) is 10.2 Å². The fraction of sp³-hybridized carbons (Fsp3) is 0.417. The summed E-state index contributed by atoms with van der Waals surface area (Å²) in [6.07, 6.45) is 4.35. The van der Waals surface area contributed by atoms with Crippen LogP contribution in [0.15, 0.2) is 67.3 Å². The molecule has 2 N–H and O–H groups in total. The molecular weight excluding hydrogens is 348 g/mol. The van der Waals surface area contributed by atoms with Gasteiger partial charge in [-0.2, -0.15) is 0 Å². The van der Waals surface area contributed by atoms with Crippen molar-refractivity contribution in [2.45, 2.75) is 38.0 Å². The Morgan fingerprint density at radius 3 is 2.57 bits per heavy atom. The Kier molecular flexibility index (Phi) is 8.09. The number of allylic oxidation sites excluding steroid dienone is 1. The van der Waals surface area contributed by atoms with E-state index in [0.717, 1.165) is 50.2 Å². The zero-order valence-corrected chi connectivity index (χ0v) is 16.6. The average molecular weight is 381 g/mol. The number of nitrogens with zero attached hydrogens (tertiary/aromatic N) is 1. The van der Waals surface area contributed by atoms with Crippen LogP contribution in [0, 0.1) is 0 Å². The number of hydrogen-bond donors (Lipinski definition) is 2. The zero-order chi connectivity index (χ0) is 19.6. The lowest BCUT2D eigenvalue weighted by atomic mass is 10.0. The lowest BCUT2D eigenvalue weighted by molar-refractivity contribution is 0.0975. The topological polar surface area (TPSA) is 44.7 Å². The second kappa shape index (κ2) is 11.0. The first-order chi connectivity index (χ1) is 13.7. The standard InChI is InChI=1S/C24H32N2O2/c1-2-8-21-11-6-7-12-24(21)28-19-23(27)17-25-22-13-15-26(16-14-22)18-20-9-4-3-5-10-20/h2-7,9-12,22-23,25,27H,1,8,13-19H2. The van der Waals surface area contributed by atoms with Gasteiger partial charge in [0.1, 0.15) is 18.5 Å². The number of ether oxygens (including phenoxy) is 1. The van der Waals surface area contributed by atoms with E-state index in [1.807, 2.05) is 30.3 Å². The van der Waals surface area contributed by atoms with E-state index in [0.29, 0.717) is 19.2 Å². The first-order valence-electron chi connectivity index (χ1n) is 10.2. The summed E-state index contributed by atoms with van der Waals surface area (Å²) in [5.41, 5.74) is 2.47. The molecule has 0 spiro atoms. The molecule has 0 bridgehead atoms. The van der Waals surface area contributed by atoms with Crippen molar-refractivity contribution in [3.05, 3.63) is 78.4 Å². The van der Waals surface area contributed by atoms with Gasteiger partial charge in [0.05, 0.1) is 0 Å². The van der Waals surface area contributed by atoms with Crippen LogP contribution in [0.1, 0.15) is 24.0 Å². The van der Waals surface area contributed by atoms with Gasteiger partial charge in [-0.3, -0.25) is 4.90 Å². The molecule has 1 fully saturated rings. The van der Waals surface area contributed by atoms with Crippen LogP contribution >= 0.6 is 0 Å². The summed E-state index contributed by atoms with van der Waals surface area (Å²) in [6, 6.07) is 19.0. The lowest BCUT2D eigenvalue weighted by Crippen LogP contribution is -2.45. The van der Waals surface area contributed by atoms with Crippen molar-refractivity contribution in [1.29, 1.82) is 0 Å². The van der Waals surface area contributed by atoms with Crippen molar-refractivity contribution in [2.75, 3.05) is 26.2 Å². The third-order valence-corrected chi connectivity index (χ3v) is 5.25. The van der Waals surface area contributed by atoms with Crippen molar-refractivity contribution < 1.29 is 9.84 Å². The minimum absolute atomic E-state index is 0.300. The number of benzene rings is 2. The molecule has 4 heteroatoms. The second-order valence-corrected chi connectivity index (χ2v) is 7.51. The normalized spacial score (nSPS) is 16.6. The van der Waals surface area contributed by atoms with Gasteiger partial charge >= 0.3 is 0 Å². The Morgan fingerprint density at radius 1 is 1.11 bits per heavy atom. The highest BCUT2D eigenvalue weighted by molar-refractivity contribution is 5.34. The van der Waals surface area contributed by atoms with Crippen LogP contribution in [0.5, 0.6) is 5.75 Å². The quantitative estimate of drug-likeness (QED) is 0.620. The number of para-hydroxylation sites is 1. The van der Waals surface area contributed by atoms with E-state index in [1.165, 1.54) is 5.56 Å². The summed E-state index contributed by atoms with van der Waals surface area (Å²) in [5, 5.41) is 13.8. The fourth-order valence-corrected chi connectivity index (χ4v) is 3.65. The van der Waals surface area contributed by atoms with Crippen molar-refractivity contribution >= 4 is 0 Å². The molecule has 0 radical (unpaired) electrons. The summed E-state index contributed by atoms with van der Waals surface area (Å²) >= 11 is 0. The van der Waals surface area contributed by atoms with E-state index in [-0.39, 0.29) is 0 Å². The molecule has 0 aliphatic carbocycles. The molecular formula is C24H32N2O2. The summed E-state index contributed by atoms with van der Waals surface area (Å²) in [7, 11) is 0. The zero-order valence-electron chi connectivity index (χ0n) is 16.6. The maximum atomic E-state index is 10.3. The predicted molar refractivity (Wildman–Crippen MR) is 115 cm³/mol. The molecule has 1 heterocycles. The highest BCUT2D eigenvalue weighted by atomic mass is 16.5. The van der Waals surface area contributed by atoms with E-state index < -0.39 is 6.10 Å². The Morgan fingerprint density at radius 2 is 1.82 bits per heavy atom. The fourth-order valence-electron chi connectivity index (χ4n) is 3.65. The number of likely N-dealkylation sites (tertiary alicyclic amines) is 1. The third kappa shape index (κ3) is 6.48. The maximum absolute atomic E-state index is 10.3. The molecule has 150 valence electrons. The molecule has 1 atom stereocenters. The summed E-state index contributed by atoms with van der Waals surface area (Å²) in [5.74, 6) is 0.829. The summed E-state index contributed by atoms with van der Waals surface area (Å²) < 4.78 is 5.83. The molecule has 1 aliphatic rings. The third-order valence-electron chi connectivity index (χ3n) is 5.25. The Balaban J connectivity index is 1.34. The average Bonchev–Trinajstić information content (AvgIpc) is 2.73. The van der Waals surface area contributed by atoms with Gasteiger partial charge in [0.2, 0.25) is 0 Å². The highest BCUT2D eigenvalue weighted by Gasteiger charge is 2.19. The first-order valence-corrected chi connectivity index (χ1v) is 10.2. The SMILES string of the molecule is C=CCc1ccccc1OCC(O)CNC1CCN(Cc2ccccc2)CC1. The summed E-state index contributed by atoms with van der Waals surface area (Å²) in [6.45, 7) is 7.85. The van der Waals surface area contributed by atoms with Crippen LogP contribution in [0.2, 0.25) is 0 Å². The van der Waals surface area contributed by atoms with Crippen LogP contribution in [0.25, 0.3) is 0 Å². The Labute approximate surface area is 168 Å². The molecule has 0 saturated carbocycles. The molecule has 3 rings (SSSR count). The molecule has 1 aliphatic heterocycles. The van der Waals surface area contributed by atoms with Gasteiger partial charge in [0.25, 0.3) is 0 Å². The second-order valence-electron chi connectivity index (χ2n) is 7.51. The van der Waals surface area contributed by atoms with Gasteiger partial charge in [-0.1, -0.05) is 54.6 Å². The molecule has 1 saturated heterocycles.